The molecule has 0 aliphatic carbocycles. The number of rotatable bonds is 8. The maximum absolute atomic E-state index is 13.6. The van der Waals surface area contributed by atoms with Crippen molar-refractivity contribution in [1.82, 2.24) is 9.80 Å². The van der Waals surface area contributed by atoms with Gasteiger partial charge in [-0.1, -0.05) is 48.3 Å². The van der Waals surface area contributed by atoms with Crippen LogP contribution in [0.4, 0.5) is 5.69 Å². The molecule has 0 spiro atoms. The van der Waals surface area contributed by atoms with Crippen LogP contribution >= 0.6 is 23.2 Å². The zero-order valence-electron chi connectivity index (χ0n) is 18.0. The van der Waals surface area contributed by atoms with Gasteiger partial charge in [0, 0.05) is 31.7 Å². The van der Waals surface area contributed by atoms with Gasteiger partial charge in [0.25, 0.3) is 15.9 Å². The van der Waals surface area contributed by atoms with Crippen LogP contribution in [0, 0.1) is 0 Å². The Kier molecular flexibility index (Phi) is 8.22. The molecule has 0 radical (unpaired) electrons. The fourth-order valence-corrected chi connectivity index (χ4v) is 5.97. The fraction of sp³-hybridized carbons (Fsp3) is 0.348. The molecule has 1 saturated heterocycles. The first-order valence-corrected chi connectivity index (χ1v) is 12.7. The van der Waals surface area contributed by atoms with Gasteiger partial charge >= 0.3 is 0 Å². The molecule has 1 heterocycles. The average Bonchev–Trinajstić information content (AvgIpc) is 2.78. The predicted molar refractivity (Wildman–Crippen MR) is 130 cm³/mol. The quantitative estimate of drug-likeness (QED) is 0.504. The van der Waals surface area contributed by atoms with Crippen molar-refractivity contribution in [2.75, 3.05) is 43.6 Å². The zero-order chi connectivity index (χ0) is 23.3. The van der Waals surface area contributed by atoms with E-state index in [1.54, 1.807) is 35.2 Å². The third-order valence-electron chi connectivity index (χ3n) is 5.36. The highest BCUT2D eigenvalue weighted by Crippen LogP contribution is 2.33. The third-order valence-corrected chi connectivity index (χ3v) is 7.94. The van der Waals surface area contributed by atoms with Crippen LogP contribution < -0.4 is 4.31 Å². The van der Waals surface area contributed by atoms with Gasteiger partial charge in [-0.05, 0) is 43.3 Å². The van der Waals surface area contributed by atoms with Gasteiger partial charge in [0.15, 0.2) is 0 Å². The average molecular weight is 496 g/mol. The van der Waals surface area contributed by atoms with Gasteiger partial charge in [-0.2, -0.15) is 0 Å². The molecule has 1 aliphatic rings. The largest absolute Gasteiger partial charge is 0.336 e. The Morgan fingerprint density at radius 3 is 2.41 bits per heavy atom. The Morgan fingerprint density at radius 2 is 1.78 bits per heavy atom. The van der Waals surface area contributed by atoms with E-state index in [2.05, 4.69) is 18.4 Å². The number of carbonyl (C=O) groups excluding carboxylic acids is 1. The number of carbonyl (C=O) groups is 1. The number of benzene rings is 2. The van der Waals surface area contributed by atoms with Gasteiger partial charge < -0.3 is 4.90 Å². The summed E-state index contributed by atoms with van der Waals surface area (Å²) in [4.78, 5) is 17.0. The van der Waals surface area contributed by atoms with E-state index in [4.69, 9.17) is 23.2 Å². The lowest BCUT2D eigenvalue weighted by Crippen LogP contribution is -2.48. The van der Waals surface area contributed by atoms with E-state index in [9.17, 15) is 13.2 Å². The standard InChI is InChI=1S/C23H27Cl2N3O3S/c1-3-11-26-13-15-27(16-14-26)23(29)18-9-10-20(25)22(17-18)32(30,31)28(12-4-2)21-8-6-5-7-19(21)24/h4-10,17H,2-3,11-16H2,1H3. The second-order valence-corrected chi connectivity index (χ2v) is 10.2. The summed E-state index contributed by atoms with van der Waals surface area (Å²) in [6.45, 7) is 9.61. The number of anilines is 1. The summed E-state index contributed by atoms with van der Waals surface area (Å²) in [5, 5.41) is 0.321. The van der Waals surface area contributed by atoms with Crippen molar-refractivity contribution in [2.45, 2.75) is 18.2 Å². The molecule has 0 unspecified atom stereocenters. The smallest absolute Gasteiger partial charge is 0.266 e. The van der Waals surface area contributed by atoms with Crippen LogP contribution in [0.15, 0.2) is 60.0 Å². The van der Waals surface area contributed by atoms with Crippen LogP contribution in [0.25, 0.3) is 0 Å². The molecule has 0 N–H and O–H groups in total. The monoisotopic (exact) mass is 495 g/mol. The van der Waals surface area contributed by atoms with Gasteiger partial charge in [0.05, 0.1) is 22.3 Å². The molecule has 1 aliphatic heterocycles. The second-order valence-electron chi connectivity index (χ2n) is 7.56. The van der Waals surface area contributed by atoms with E-state index in [1.165, 1.54) is 18.2 Å². The van der Waals surface area contributed by atoms with Crippen LogP contribution in [0.2, 0.25) is 10.0 Å². The highest BCUT2D eigenvalue weighted by Gasteiger charge is 2.30. The molecule has 0 atom stereocenters. The lowest BCUT2D eigenvalue weighted by atomic mass is 10.2. The van der Waals surface area contributed by atoms with Crippen molar-refractivity contribution in [3.63, 3.8) is 0 Å². The molecule has 32 heavy (non-hydrogen) atoms. The minimum Gasteiger partial charge on any atom is -0.336 e. The van der Waals surface area contributed by atoms with Crippen LogP contribution in [0.3, 0.4) is 0 Å². The maximum Gasteiger partial charge on any atom is 0.266 e. The van der Waals surface area contributed by atoms with Crippen LogP contribution in [-0.2, 0) is 10.0 Å². The first-order chi connectivity index (χ1) is 15.3. The van der Waals surface area contributed by atoms with Gasteiger partial charge in [-0.3, -0.25) is 14.0 Å². The molecule has 0 saturated carbocycles. The van der Waals surface area contributed by atoms with Gasteiger partial charge in [-0.15, -0.1) is 6.58 Å². The Balaban J connectivity index is 1.92. The van der Waals surface area contributed by atoms with E-state index < -0.39 is 10.0 Å². The van der Waals surface area contributed by atoms with Gasteiger partial charge in [0.2, 0.25) is 0 Å². The number of nitrogens with zero attached hydrogens (tertiary/aromatic N) is 3. The molecular weight excluding hydrogens is 469 g/mol. The number of halogens is 2. The van der Waals surface area contributed by atoms with Crippen LogP contribution in [0.5, 0.6) is 0 Å². The number of hydrogen-bond donors (Lipinski definition) is 0. The molecule has 2 aromatic rings. The summed E-state index contributed by atoms with van der Waals surface area (Å²) in [6.07, 6.45) is 2.54. The summed E-state index contributed by atoms with van der Waals surface area (Å²) < 4.78 is 28.3. The molecule has 2 aromatic carbocycles. The number of hydrogen-bond acceptors (Lipinski definition) is 4. The van der Waals surface area contributed by atoms with Crippen molar-refractivity contribution >= 4 is 44.8 Å². The van der Waals surface area contributed by atoms with Gasteiger partial charge in [0.1, 0.15) is 4.90 Å². The highest BCUT2D eigenvalue weighted by atomic mass is 35.5. The zero-order valence-corrected chi connectivity index (χ0v) is 20.3. The molecule has 6 nitrogen and oxygen atoms in total. The van der Waals surface area contributed by atoms with Crippen molar-refractivity contribution in [1.29, 1.82) is 0 Å². The summed E-state index contributed by atoms with van der Waals surface area (Å²) in [6, 6.07) is 11.0. The molecule has 172 valence electrons. The van der Waals surface area contributed by atoms with Crippen molar-refractivity contribution < 1.29 is 13.2 Å². The van der Waals surface area contributed by atoms with Crippen LogP contribution in [-0.4, -0.2) is 63.4 Å². The number of sulfonamides is 1. The molecule has 9 heteroatoms. The van der Waals surface area contributed by atoms with Crippen molar-refractivity contribution in [3.05, 3.63) is 70.7 Å². The van der Waals surface area contributed by atoms with E-state index in [1.807, 2.05) is 0 Å². The predicted octanol–water partition coefficient (Wildman–Crippen LogP) is 4.54. The summed E-state index contributed by atoms with van der Waals surface area (Å²) in [5.74, 6) is -0.206. The summed E-state index contributed by atoms with van der Waals surface area (Å²) >= 11 is 12.6. The van der Waals surface area contributed by atoms with Gasteiger partial charge in [-0.25, -0.2) is 8.42 Å². The minimum absolute atomic E-state index is 0.0000418. The first-order valence-electron chi connectivity index (χ1n) is 10.5. The van der Waals surface area contributed by atoms with Crippen LogP contribution in [0.1, 0.15) is 23.7 Å². The summed E-state index contributed by atoms with van der Waals surface area (Å²) in [7, 11) is -4.11. The molecule has 0 aromatic heterocycles. The normalized spacial score (nSPS) is 14.9. The Hall–Kier alpha value is -2.06. The molecule has 1 amide bonds. The fourth-order valence-electron chi connectivity index (χ4n) is 3.72. The lowest BCUT2D eigenvalue weighted by molar-refractivity contribution is 0.0637. The lowest BCUT2D eigenvalue weighted by Gasteiger charge is -2.34. The second kappa shape index (κ2) is 10.7. The Morgan fingerprint density at radius 1 is 1.09 bits per heavy atom. The molecule has 0 bridgehead atoms. The molecule has 1 fully saturated rings. The molecular formula is C23H27Cl2N3O3S. The van der Waals surface area contributed by atoms with E-state index in [0.717, 1.165) is 30.4 Å². The number of amides is 1. The first kappa shape index (κ1) is 24.6. The SMILES string of the molecule is C=CCN(c1ccccc1Cl)S(=O)(=O)c1cc(C(=O)N2CCN(CCC)CC2)ccc1Cl. The maximum atomic E-state index is 13.6. The van der Waals surface area contributed by atoms with E-state index in [0.29, 0.717) is 18.8 Å². The Bertz CT molecular complexity index is 1080. The van der Waals surface area contributed by atoms with Crippen molar-refractivity contribution in [3.8, 4) is 0 Å². The third kappa shape index (κ3) is 5.29. The Labute approximate surface area is 200 Å². The number of para-hydroxylation sites is 1. The summed E-state index contributed by atoms with van der Waals surface area (Å²) in [5.41, 5.74) is 0.600. The van der Waals surface area contributed by atoms with Crippen molar-refractivity contribution in [2.24, 2.45) is 0 Å². The minimum atomic E-state index is -4.11. The highest BCUT2D eigenvalue weighted by molar-refractivity contribution is 7.93. The molecule has 3 rings (SSSR count). The topological polar surface area (TPSA) is 60.9 Å². The number of piperazine rings is 1. The van der Waals surface area contributed by atoms with E-state index >= 15 is 0 Å². The van der Waals surface area contributed by atoms with E-state index in [-0.39, 0.29) is 33.0 Å².